The van der Waals surface area contributed by atoms with Gasteiger partial charge in [0.1, 0.15) is 0 Å². The maximum atomic E-state index is 10.6. The van der Waals surface area contributed by atoms with Crippen molar-refractivity contribution in [3.63, 3.8) is 0 Å². The Morgan fingerprint density at radius 1 is 0.833 bits per heavy atom. The molecule has 0 heterocycles. The Kier molecular flexibility index (Phi) is 6.16. The molecule has 0 fully saturated rings. The Morgan fingerprint density at radius 2 is 1.33 bits per heavy atom. The molecular weight excluding hydrogens is 312 g/mol. The van der Waals surface area contributed by atoms with Crippen molar-refractivity contribution < 1.29 is 38.9 Å². The van der Waals surface area contributed by atoms with Gasteiger partial charge in [-0.25, -0.2) is 0 Å². The first kappa shape index (κ1) is 17.7. The molecule has 1 unspecified atom stereocenters. The summed E-state index contributed by atoms with van der Waals surface area (Å²) in [6.07, 6.45) is 0.433. The average Bonchev–Trinajstić information content (AvgIpc) is 2.05. The first-order valence-corrected chi connectivity index (χ1v) is 9.30. The molecule has 18 heavy (non-hydrogen) atoms. The van der Waals surface area contributed by atoms with Crippen molar-refractivity contribution in [2.45, 2.75) is 6.42 Å². The highest BCUT2D eigenvalue weighted by Crippen LogP contribution is 2.13. The van der Waals surface area contributed by atoms with Gasteiger partial charge >= 0.3 is 0 Å². The molecule has 0 bridgehead atoms. The van der Waals surface area contributed by atoms with E-state index in [9.17, 15) is 25.3 Å². The topological polar surface area (TPSA) is 163 Å². The van der Waals surface area contributed by atoms with Crippen LogP contribution >= 0.6 is 0 Å². The fourth-order valence-electron chi connectivity index (χ4n) is 1.10. The first-order valence-electron chi connectivity index (χ1n) is 4.47. The van der Waals surface area contributed by atoms with Crippen LogP contribution < -0.4 is 0 Å². The van der Waals surface area contributed by atoms with E-state index in [1.807, 2.05) is 0 Å². The second kappa shape index (κ2) is 6.25. The van der Waals surface area contributed by atoms with Gasteiger partial charge in [-0.3, -0.25) is 13.7 Å². The lowest BCUT2D eigenvalue weighted by Gasteiger charge is -2.12. The fraction of sp³-hybridized carbons (Fsp3) is 0.833. The molecule has 0 saturated carbocycles. The monoisotopic (exact) mass is 325 g/mol. The molecule has 0 aliphatic heterocycles. The van der Waals surface area contributed by atoms with E-state index in [4.69, 9.17) is 13.7 Å². The molecule has 0 aromatic rings. The van der Waals surface area contributed by atoms with Gasteiger partial charge in [0.05, 0.1) is 17.3 Å². The summed E-state index contributed by atoms with van der Waals surface area (Å²) >= 11 is 0. The molecule has 109 valence electrons. The van der Waals surface area contributed by atoms with Gasteiger partial charge in [0.15, 0.2) is 0 Å². The van der Waals surface area contributed by atoms with Crippen molar-refractivity contribution in [3.8, 4) is 0 Å². The third-order valence-electron chi connectivity index (χ3n) is 1.81. The standard InChI is InChI=1S/C6H13O9S3/c7-16(8,9)3-1-6(5-18(13,14)15)2-4-17(10,11)12/h1,6H,2-5H2,(H,7,8,9)(H,10,11,12)(H,13,14,15). The molecule has 0 aliphatic rings. The van der Waals surface area contributed by atoms with E-state index >= 15 is 0 Å². The van der Waals surface area contributed by atoms with E-state index in [-0.39, 0.29) is 0 Å². The van der Waals surface area contributed by atoms with Crippen molar-refractivity contribution in [1.82, 2.24) is 0 Å². The minimum atomic E-state index is -4.44. The maximum Gasteiger partial charge on any atom is 0.265 e. The van der Waals surface area contributed by atoms with Crippen molar-refractivity contribution in [1.29, 1.82) is 0 Å². The van der Waals surface area contributed by atoms with Gasteiger partial charge in [-0.2, -0.15) is 25.3 Å². The minimum Gasteiger partial charge on any atom is -0.286 e. The van der Waals surface area contributed by atoms with Crippen LogP contribution in [-0.2, 0) is 30.4 Å². The van der Waals surface area contributed by atoms with E-state index in [1.54, 1.807) is 0 Å². The molecule has 0 rings (SSSR count). The van der Waals surface area contributed by atoms with Crippen LogP contribution in [0.15, 0.2) is 0 Å². The molecule has 9 nitrogen and oxygen atoms in total. The Labute approximate surface area is 105 Å². The Hall–Kier alpha value is -0.270. The van der Waals surface area contributed by atoms with Crippen LogP contribution in [0.2, 0.25) is 0 Å². The van der Waals surface area contributed by atoms with Crippen molar-refractivity contribution in [2.75, 3.05) is 17.3 Å². The number of hydrogen-bond donors (Lipinski definition) is 3. The van der Waals surface area contributed by atoms with Gasteiger partial charge < -0.3 is 0 Å². The smallest absolute Gasteiger partial charge is 0.265 e. The van der Waals surface area contributed by atoms with E-state index in [2.05, 4.69) is 0 Å². The highest BCUT2D eigenvalue weighted by molar-refractivity contribution is 7.86. The summed E-state index contributed by atoms with van der Waals surface area (Å²) in [5.41, 5.74) is 0. The highest BCUT2D eigenvalue weighted by atomic mass is 32.2. The van der Waals surface area contributed by atoms with Crippen LogP contribution in [0.5, 0.6) is 0 Å². The third-order valence-corrected chi connectivity index (χ3v) is 4.03. The predicted molar refractivity (Wildman–Crippen MR) is 61.7 cm³/mol. The Bertz CT molecular complexity index is 519. The lowest BCUT2D eigenvalue weighted by atomic mass is 10.1. The predicted octanol–water partition coefficient (Wildman–Crippen LogP) is -1.14. The van der Waals surface area contributed by atoms with Crippen molar-refractivity contribution >= 4 is 30.4 Å². The molecule has 0 spiro atoms. The van der Waals surface area contributed by atoms with E-state index in [1.165, 1.54) is 0 Å². The van der Waals surface area contributed by atoms with Crippen LogP contribution in [0.4, 0.5) is 0 Å². The minimum absolute atomic E-state index is 0.409. The summed E-state index contributed by atoms with van der Waals surface area (Å²) in [6.45, 7) is 0. The van der Waals surface area contributed by atoms with Gasteiger partial charge in [-0.1, -0.05) is 0 Å². The molecular formula is C6H13O9S3. The zero-order valence-electron chi connectivity index (χ0n) is 9.00. The Balaban J connectivity index is 4.63. The molecule has 3 N–H and O–H groups in total. The zero-order chi connectivity index (χ0) is 14.6. The van der Waals surface area contributed by atoms with Crippen LogP contribution in [0.3, 0.4) is 0 Å². The van der Waals surface area contributed by atoms with Gasteiger partial charge in [0.2, 0.25) is 0 Å². The zero-order valence-corrected chi connectivity index (χ0v) is 11.4. The molecule has 0 aromatic carbocycles. The van der Waals surface area contributed by atoms with Crippen LogP contribution in [0.25, 0.3) is 0 Å². The SMILES string of the molecule is O=S(=O)(O)C[CH]C(CCS(=O)(=O)O)CS(=O)(=O)O. The number of rotatable bonds is 8. The summed E-state index contributed by atoms with van der Waals surface area (Å²) in [4.78, 5) is 0. The van der Waals surface area contributed by atoms with E-state index < -0.39 is 60.0 Å². The summed E-state index contributed by atoms with van der Waals surface area (Å²) < 4.78 is 88.5. The fourth-order valence-corrected chi connectivity index (χ4v) is 3.06. The third kappa shape index (κ3) is 12.2. The molecule has 1 atom stereocenters. The van der Waals surface area contributed by atoms with Gasteiger partial charge in [-0.05, 0) is 18.8 Å². The summed E-state index contributed by atoms with van der Waals surface area (Å²) in [7, 11) is -13.2. The lowest BCUT2D eigenvalue weighted by Crippen LogP contribution is -2.22. The Morgan fingerprint density at radius 3 is 1.67 bits per heavy atom. The van der Waals surface area contributed by atoms with Crippen molar-refractivity contribution in [3.05, 3.63) is 6.42 Å². The van der Waals surface area contributed by atoms with Gasteiger partial charge in [0.25, 0.3) is 30.4 Å². The molecule has 0 aliphatic carbocycles. The quantitative estimate of drug-likeness (QED) is 0.468. The molecule has 0 amide bonds. The first-order chi connectivity index (χ1) is 7.79. The largest absolute Gasteiger partial charge is 0.286 e. The normalized spacial score (nSPS) is 14.0. The van der Waals surface area contributed by atoms with Crippen LogP contribution in [-0.4, -0.2) is 56.2 Å². The van der Waals surface area contributed by atoms with Crippen LogP contribution in [0, 0.1) is 12.3 Å². The highest BCUT2D eigenvalue weighted by Gasteiger charge is 2.21. The molecule has 0 saturated heterocycles. The summed E-state index contributed by atoms with van der Waals surface area (Å²) in [5.74, 6) is -3.73. The summed E-state index contributed by atoms with van der Waals surface area (Å²) in [6, 6.07) is 0. The van der Waals surface area contributed by atoms with Gasteiger partial charge in [-0.15, -0.1) is 0 Å². The van der Waals surface area contributed by atoms with E-state index in [0.29, 0.717) is 0 Å². The second-order valence-corrected chi connectivity index (χ2v) is 8.13. The second-order valence-electron chi connectivity index (χ2n) is 3.57. The molecule has 0 aromatic heterocycles. The maximum absolute atomic E-state index is 10.6. The molecule has 1 radical (unpaired) electrons. The van der Waals surface area contributed by atoms with Gasteiger partial charge in [0, 0.05) is 0 Å². The van der Waals surface area contributed by atoms with Crippen LogP contribution in [0.1, 0.15) is 6.42 Å². The number of hydrogen-bond acceptors (Lipinski definition) is 6. The summed E-state index contributed by atoms with van der Waals surface area (Å²) in [5, 5.41) is 0. The molecule has 12 heteroatoms. The van der Waals surface area contributed by atoms with Crippen molar-refractivity contribution in [2.24, 2.45) is 5.92 Å². The van der Waals surface area contributed by atoms with E-state index in [0.717, 1.165) is 6.42 Å². The average molecular weight is 325 g/mol. The lowest BCUT2D eigenvalue weighted by molar-refractivity contribution is 0.456.